The van der Waals surface area contributed by atoms with Gasteiger partial charge in [0.2, 0.25) is 0 Å². The van der Waals surface area contributed by atoms with E-state index in [-0.39, 0.29) is 31.3 Å². The van der Waals surface area contributed by atoms with Gasteiger partial charge in [0.25, 0.3) is 5.91 Å². The fourth-order valence-electron chi connectivity index (χ4n) is 2.93. The fraction of sp³-hybridized carbons (Fsp3) is 0.261. The molecule has 0 bridgehead atoms. The third-order valence-electron chi connectivity index (χ3n) is 4.64. The van der Waals surface area contributed by atoms with Crippen molar-refractivity contribution in [3.8, 4) is 5.75 Å². The first-order valence-electron chi connectivity index (χ1n) is 9.64. The summed E-state index contributed by atoms with van der Waals surface area (Å²) < 4.78 is 5.49. The minimum absolute atomic E-state index is 0.0632. The van der Waals surface area contributed by atoms with E-state index in [1.165, 1.54) is 5.56 Å². The number of hydrogen-bond acceptors (Lipinski definition) is 4. The summed E-state index contributed by atoms with van der Waals surface area (Å²) in [4.78, 5) is 28.0. The summed E-state index contributed by atoms with van der Waals surface area (Å²) in [5.74, 6) is 0.639. The maximum Gasteiger partial charge on any atom is 0.258 e. The highest BCUT2D eigenvalue weighted by atomic mass is 35.5. The van der Waals surface area contributed by atoms with Crippen LogP contribution in [0.25, 0.3) is 10.9 Å². The maximum absolute atomic E-state index is 12.5. The SMILES string of the molecule is CC(C)c1ccc(OCC(=O)NCC(=S)CC(=O)c2cc3ccc(Cl)cc3[nH]2)cc1. The summed E-state index contributed by atoms with van der Waals surface area (Å²) in [5.41, 5.74) is 2.47. The third kappa shape index (κ3) is 5.90. The lowest BCUT2D eigenvalue weighted by Crippen LogP contribution is -2.33. The zero-order valence-corrected chi connectivity index (χ0v) is 18.4. The van der Waals surface area contributed by atoms with Crippen molar-refractivity contribution in [1.29, 1.82) is 0 Å². The molecule has 2 aromatic carbocycles. The molecule has 1 amide bonds. The number of nitrogens with one attached hydrogen (secondary N) is 2. The van der Waals surface area contributed by atoms with Crippen LogP contribution in [0.15, 0.2) is 48.5 Å². The van der Waals surface area contributed by atoms with Gasteiger partial charge in [0.1, 0.15) is 5.75 Å². The van der Waals surface area contributed by atoms with Gasteiger partial charge in [-0.3, -0.25) is 9.59 Å². The molecule has 0 aliphatic carbocycles. The number of aromatic amines is 1. The number of H-pyrrole nitrogens is 1. The molecule has 0 saturated heterocycles. The second-order valence-corrected chi connectivity index (χ2v) is 8.36. The summed E-state index contributed by atoms with van der Waals surface area (Å²) in [7, 11) is 0. The second kappa shape index (κ2) is 9.87. The van der Waals surface area contributed by atoms with Crippen molar-refractivity contribution in [2.24, 2.45) is 0 Å². The molecular weight excluding hydrogens is 420 g/mol. The second-order valence-electron chi connectivity index (χ2n) is 7.34. The standard InChI is InChI=1S/C23H23ClN2O3S/c1-14(2)15-4-7-18(8-5-15)29-13-23(28)25-12-19(30)11-22(27)21-9-16-3-6-17(24)10-20(16)26-21/h3-10,14,26H,11-13H2,1-2H3,(H,25,28). The number of thiocarbonyl (C=S) groups is 1. The molecule has 0 spiro atoms. The van der Waals surface area contributed by atoms with Gasteiger partial charge in [-0.05, 0) is 41.8 Å². The number of amides is 1. The molecule has 2 N–H and O–H groups in total. The number of carbonyl (C=O) groups excluding carboxylic acids is 2. The molecule has 0 aliphatic heterocycles. The minimum atomic E-state index is -0.294. The highest BCUT2D eigenvalue weighted by molar-refractivity contribution is 7.80. The summed E-state index contributed by atoms with van der Waals surface area (Å²) in [6.45, 7) is 4.26. The smallest absolute Gasteiger partial charge is 0.258 e. The van der Waals surface area contributed by atoms with Gasteiger partial charge in [0, 0.05) is 33.8 Å². The number of ketones is 1. The van der Waals surface area contributed by atoms with E-state index in [4.69, 9.17) is 28.6 Å². The molecule has 0 fully saturated rings. The minimum Gasteiger partial charge on any atom is -0.484 e. The van der Waals surface area contributed by atoms with E-state index in [1.54, 1.807) is 18.2 Å². The topological polar surface area (TPSA) is 71.2 Å². The predicted molar refractivity (Wildman–Crippen MR) is 124 cm³/mol. The number of carbonyl (C=O) groups is 2. The average molecular weight is 443 g/mol. The molecule has 156 valence electrons. The third-order valence-corrected chi connectivity index (χ3v) is 5.17. The van der Waals surface area contributed by atoms with Gasteiger partial charge in [-0.1, -0.05) is 55.9 Å². The molecule has 3 aromatic rings. The van der Waals surface area contributed by atoms with Crippen molar-refractivity contribution in [1.82, 2.24) is 10.3 Å². The van der Waals surface area contributed by atoms with Crippen molar-refractivity contribution in [3.05, 3.63) is 64.8 Å². The quantitative estimate of drug-likeness (QED) is 0.358. The molecule has 0 aliphatic rings. The van der Waals surface area contributed by atoms with Gasteiger partial charge >= 0.3 is 0 Å². The Bertz CT molecular complexity index is 1070. The van der Waals surface area contributed by atoms with E-state index < -0.39 is 0 Å². The Kier molecular flexibility index (Phi) is 7.24. The molecule has 5 nitrogen and oxygen atoms in total. The van der Waals surface area contributed by atoms with Crippen LogP contribution < -0.4 is 10.1 Å². The summed E-state index contributed by atoms with van der Waals surface area (Å²) in [6.07, 6.45) is 0.0632. The monoisotopic (exact) mass is 442 g/mol. The van der Waals surface area contributed by atoms with Crippen molar-refractivity contribution in [3.63, 3.8) is 0 Å². The van der Waals surface area contributed by atoms with Crippen LogP contribution in [-0.2, 0) is 4.79 Å². The lowest BCUT2D eigenvalue weighted by molar-refractivity contribution is -0.122. The molecule has 0 atom stereocenters. The molecule has 30 heavy (non-hydrogen) atoms. The Hall–Kier alpha value is -2.70. The molecule has 7 heteroatoms. The number of hydrogen-bond donors (Lipinski definition) is 2. The van der Waals surface area contributed by atoms with E-state index in [9.17, 15) is 9.59 Å². The number of aromatic nitrogens is 1. The van der Waals surface area contributed by atoms with Crippen molar-refractivity contribution < 1.29 is 14.3 Å². The van der Waals surface area contributed by atoms with Crippen molar-refractivity contribution >= 4 is 51.3 Å². The first-order chi connectivity index (χ1) is 14.3. The average Bonchev–Trinajstić information content (AvgIpc) is 3.14. The first kappa shape index (κ1) is 22.0. The fourth-order valence-corrected chi connectivity index (χ4v) is 3.31. The number of benzene rings is 2. The van der Waals surface area contributed by atoms with Gasteiger partial charge in [-0.25, -0.2) is 0 Å². The lowest BCUT2D eigenvalue weighted by atomic mass is 10.0. The normalized spacial score (nSPS) is 10.9. The Balaban J connectivity index is 1.44. The van der Waals surface area contributed by atoms with Crippen molar-refractivity contribution in [2.75, 3.05) is 13.2 Å². The van der Waals surface area contributed by atoms with Crippen LogP contribution in [0.1, 0.15) is 42.2 Å². The zero-order valence-electron chi connectivity index (χ0n) is 16.8. The largest absolute Gasteiger partial charge is 0.484 e. The zero-order chi connectivity index (χ0) is 21.7. The highest BCUT2D eigenvalue weighted by Crippen LogP contribution is 2.21. The summed E-state index contributed by atoms with van der Waals surface area (Å²) >= 11 is 11.2. The van der Waals surface area contributed by atoms with E-state index in [2.05, 4.69) is 24.1 Å². The van der Waals surface area contributed by atoms with E-state index in [0.717, 1.165) is 10.9 Å². The predicted octanol–water partition coefficient (Wildman–Crippen LogP) is 5.08. The number of ether oxygens (including phenoxy) is 1. The number of rotatable bonds is 9. The Morgan fingerprint density at radius 1 is 1.13 bits per heavy atom. The van der Waals surface area contributed by atoms with Crippen molar-refractivity contribution in [2.45, 2.75) is 26.2 Å². The maximum atomic E-state index is 12.5. The van der Waals surface area contributed by atoms with Crippen LogP contribution in [0.2, 0.25) is 5.02 Å². The number of halogens is 1. The highest BCUT2D eigenvalue weighted by Gasteiger charge is 2.13. The molecule has 1 heterocycles. The molecule has 0 unspecified atom stereocenters. The first-order valence-corrected chi connectivity index (χ1v) is 10.4. The molecule has 1 aromatic heterocycles. The summed E-state index contributed by atoms with van der Waals surface area (Å²) in [5, 5.41) is 4.19. The van der Waals surface area contributed by atoms with Crippen LogP contribution in [0.3, 0.4) is 0 Å². The Labute approximate surface area is 185 Å². The number of Topliss-reactive ketones (excluding diaryl/α,β-unsaturated/α-hetero) is 1. The Morgan fingerprint density at radius 3 is 2.57 bits per heavy atom. The van der Waals surface area contributed by atoms with Gasteiger partial charge in [-0.2, -0.15) is 0 Å². The van der Waals surface area contributed by atoms with Crippen LogP contribution in [-0.4, -0.2) is 34.7 Å². The molecule has 3 rings (SSSR count). The van der Waals surface area contributed by atoms with E-state index in [1.807, 2.05) is 30.3 Å². The van der Waals surface area contributed by atoms with Gasteiger partial charge in [-0.15, -0.1) is 0 Å². The van der Waals surface area contributed by atoms with Gasteiger partial charge in [0.05, 0.1) is 5.69 Å². The van der Waals surface area contributed by atoms with Crippen LogP contribution >= 0.6 is 23.8 Å². The molecule has 0 radical (unpaired) electrons. The summed E-state index contributed by atoms with van der Waals surface area (Å²) in [6, 6.07) is 14.8. The Morgan fingerprint density at radius 2 is 1.87 bits per heavy atom. The van der Waals surface area contributed by atoms with E-state index >= 15 is 0 Å². The van der Waals surface area contributed by atoms with Gasteiger partial charge < -0.3 is 15.0 Å². The molecular formula is C23H23ClN2O3S. The van der Waals surface area contributed by atoms with E-state index in [0.29, 0.717) is 27.2 Å². The van der Waals surface area contributed by atoms with Crippen LogP contribution in [0, 0.1) is 0 Å². The van der Waals surface area contributed by atoms with Crippen LogP contribution in [0.5, 0.6) is 5.75 Å². The number of fused-ring (bicyclic) bond motifs is 1. The van der Waals surface area contributed by atoms with Gasteiger partial charge in [0.15, 0.2) is 12.4 Å². The lowest BCUT2D eigenvalue weighted by Gasteiger charge is -2.09. The molecule has 0 saturated carbocycles. The van der Waals surface area contributed by atoms with Crippen LogP contribution in [0.4, 0.5) is 0 Å².